The predicted molar refractivity (Wildman–Crippen MR) is 88.1 cm³/mol. The van der Waals surface area contributed by atoms with Crippen molar-refractivity contribution in [3.63, 3.8) is 0 Å². The van der Waals surface area contributed by atoms with Gasteiger partial charge in [0.25, 0.3) is 5.69 Å². The summed E-state index contributed by atoms with van der Waals surface area (Å²) in [6.45, 7) is -0.108. The summed E-state index contributed by atoms with van der Waals surface area (Å²) in [6, 6.07) is 7.75. The topological polar surface area (TPSA) is 101 Å². The van der Waals surface area contributed by atoms with Crippen LogP contribution in [-0.4, -0.2) is 20.4 Å². The summed E-state index contributed by atoms with van der Waals surface area (Å²) in [7, 11) is -2.70. The van der Waals surface area contributed by atoms with Crippen molar-refractivity contribution in [1.82, 2.24) is 4.72 Å². The Balaban J connectivity index is 2.29. The van der Waals surface area contributed by atoms with Gasteiger partial charge >= 0.3 is 6.18 Å². The normalized spacial score (nSPS) is 12.0. The van der Waals surface area contributed by atoms with Crippen molar-refractivity contribution in [3.8, 4) is 0 Å². The summed E-state index contributed by atoms with van der Waals surface area (Å²) in [5, 5.41) is 13.8. The number of halogens is 3. The van der Waals surface area contributed by atoms with Gasteiger partial charge in [0.05, 0.1) is 15.4 Å². The van der Waals surface area contributed by atoms with Gasteiger partial charge in [-0.2, -0.15) is 13.2 Å². The number of nitrogens with zero attached hydrogens (tertiary/aromatic N) is 1. The van der Waals surface area contributed by atoms with Crippen LogP contribution in [0, 0.1) is 10.1 Å². The quantitative estimate of drug-likeness (QED) is 0.584. The maximum absolute atomic E-state index is 12.7. The van der Waals surface area contributed by atoms with Crippen LogP contribution in [0.5, 0.6) is 0 Å². The summed E-state index contributed by atoms with van der Waals surface area (Å²) in [5.41, 5.74) is -1.08. The highest BCUT2D eigenvalue weighted by molar-refractivity contribution is 7.89. The van der Waals surface area contributed by atoms with Gasteiger partial charge in [-0.25, -0.2) is 13.1 Å². The summed E-state index contributed by atoms with van der Waals surface area (Å²) >= 11 is 0. The minimum absolute atomic E-state index is 0.0116. The maximum Gasteiger partial charge on any atom is 0.416 e. The summed E-state index contributed by atoms with van der Waals surface area (Å²) in [6.07, 6.45) is -4.49. The molecule has 0 aromatic heterocycles. The van der Waals surface area contributed by atoms with Gasteiger partial charge < -0.3 is 5.32 Å². The molecule has 140 valence electrons. The van der Waals surface area contributed by atoms with Crippen LogP contribution in [0.2, 0.25) is 0 Å². The molecule has 2 aromatic carbocycles. The van der Waals surface area contributed by atoms with Gasteiger partial charge in [-0.05, 0) is 36.9 Å². The monoisotopic (exact) mass is 389 g/mol. The Hall–Kier alpha value is -2.66. The Morgan fingerprint density at radius 3 is 2.42 bits per heavy atom. The Bertz CT molecular complexity index is 930. The van der Waals surface area contributed by atoms with Crippen molar-refractivity contribution in [2.24, 2.45) is 0 Å². The molecule has 11 heteroatoms. The summed E-state index contributed by atoms with van der Waals surface area (Å²) in [4.78, 5) is 10.1. The Kier molecular flexibility index (Phi) is 5.52. The average Bonchev–Trinajstić information content (AvgIpc) is 2.59. The highest BCUT2D eigenvalue weighted by atomic mass is 32.2. The molecule has 0 atom stereocenters. The lowest BCUT2D eigenvalue weighted by molar-refractivity contribution is -0.384. The molecule has 0 spiro atoms. The van der Waals surface area contributed by atoms with E-state index in [0.717, 1.165) is 24.3 Å². The SMILES string of the molecule is CNS(=O)(=O)c1ccc(NCc2cccc(C(F)(F)F)c2)c([N+](=O)[O-])c1. The number of benzene rings is 2. The molecular formula is C15H14F3N3O4S. The van der Waals surface area contributed by atoms with Gasteiger partial charge in [0, 0.05) is 12.6 Å². The third kappa shape index (κ3) is 4.49. The zero-order chi connectivity index (χ0) is 19.5. The van der Waals surface area contributed by atoms with E-state index >= 15 is 0 Å². The van der Waals surface area contributed by atoms with Crippen LogP contribution in [0.15, 0.2) is 47.4 Å². The van der Waals surface area contributed by atoms with Crippen molar-refractivity contribution in [3.05, 3.63) is 63.7 Å². The largest absolute Gasteiger partial charge is 0.416 e. The predicted octanol–water partition coefficient (Wildman–Crippen LogP) is 3.13. The summed E-state index contributed by atoms with van der Waals surface area (Å²) < 4.78 is 63.7. The minimum Gasteiger partial charge on any atom is -0.375 e. The molecular weight excluding hydrogens is 375 g/mol. The van der Waals surface area contributed by atoms with Crippen molar-refractivity contribution < 1.29 is 26.5 Å². The van der Waals surface area contributed by atoms with Gasteiger partial charge in [-0.1, -0.05) is 12.1 Å². The molecule has 0 aliphatic carbocycles. The van der Waals surface area contributed by atoms with Crippen LogP contribution >= 0.6 is 0 Å². The number of hydrogen-bond donors (Lipinski definition) is 2. The van der Waals surface area contributed by atoms with Gasteiger partial charge in [0.1, 0.15) is 5.69 Å². The molecule has 0 saturated heterocycles. The first kappa shape index (κ1) is 19.7. The van der Waals surface area contributed by atoms with E-state index in [2.05, 4.69) is 5.32 Å². The van der Waals surface area contributed by atoms with Crippen LogP contribution in [0.4, 0.5) is 24.5 Å². The number of hydrogen-bond acceptors (Lipinski definition) is 5. The maximum atomic E-state index is 12.7. The second-order valence-electron chi connectivity index (χ2n) is 5.20. The Morgan fingerprint density at radius 1 is 1.15 bits per heavy atom. The fourth-order valence-electron chi connectivity index (χ4n) is 2.15. The van der Waals surface area contributed by atoms with Crippen LogP contribution in [0.1, 0.15) is 11.1 Å². The highest BCUT2D eigenvalue weighted by Crippen LogP contribution is 2.31. The smallest absolute Gasteiger partial charge is 0.375 e. The first-order chi connectivity index (χ1) is 12.0. The molecule has 0 unspecified atom stereocenters. The lowest BCUT2D eigenvalue weighted by atomic mass is 10.1. The van der Waals surface area contributed by atoms with E-state index in [1.165, 1.54) is 25.2 Å². The Labute approximate surface area is 147 Å². The molecule has 0 aliphatic heterocycles. The first-order valence-corrected chi connectivity index (χ1v) is 8.65. The number of rotatable bonds is 6. The number of nitrogens with one attached hydrogen (secondary N) is 2. The van der Waals surface area contributed by atoms with Crippen LogP contribution in [0.3, 0.4) is 0 Å². The van der Waals surface area contributed by atoms with E-state index < -0.39 is 32.4 Å². The van der Waals surface area contributed by atoms with Crippen LogP contribution < -0.4 is 10.0 Å². The Morgan fingerprint density at radius 2 is 1.85 bits per heavy atom. The molecule has 7 nitrogen and oxygen atoms in total. The molecule has 0 saturated carbocycles. The van der Waals surface area contributed by atoms with E-state index in [9.17, 15) is 31.7 Å². The van der Waals surface area contributed by atoms with E-state index in [4.69, 9.17) is 0 Å². The molecule has 0 amide bonds. The highest BCUT2D eigenvalue weighted by Gasteiger charge is 2.30. The molecule has 0 bridgehead atoms. The molecule has 0 radical (unpaired) electrons. The average molecular weight is 389 g/mol. The minimum atomic E-state index is -4.49. The summed E-state index contributed by atoms with van der Waals surface area (Å²) in [5.74, 6) is 0. The third-order valence-electron chi connectivity index (χ3n) is 3.48. The first-order valence-electron chi connectivity index (χ1n) is 7.16. The fraction of sp³-hybridized carbons (Fsp3) is 0.200. The lowest BCUT2D eigenvalue weighted by Gasteiger charge is -2.11. The zero-order valence-corrected chi connectivity index (χ0v) is 14.2. The number of anilines is 1. The molecule has 2 rings (SSSR count). The van der Waals surface area contributed by atoms with Gasteiger partial charge in [0.2, 0.25) is 10.0 Å². The molecule has 0 heterocycles. The zero-order valence-electron chi connectivity index (χ0n) is 13.4. The molecule has 26 heavy (non-hydrogen) atoms. The lowest BCUT2D eigenvalue weighted by Crippen LogP contribution is -2.18. The van der Waals surface area contributed by atoms with Gasteiger partial charge in [-0.3, -0.25) is 10.1 Å². The molecule has 2 aromatic rings. The standard InChI is InChI=1S/C15H14F3N3O4S/c1-19-26(24,25)12-5-6-13(14(8-12)21(22)23)20-9-10-3-2-4-11(7-10)15(16,17)18/h2-8,19-20H,9H2,1H3. The van der Waals surface area contributed by atoms with Crippen LogP contribution in [0.25, 0.3) is 0 Å². The number of nitro benzene ring substituents is 1. The van der Waals surface area contributed by atoms with Gasteiger partial charge in [0.15, 0.2) is 0 Å². The van der Waals surface area contributed by atoms with Crippen molar-refractivity contribution in [2.45, 2.75) is 17.6 Å². The van der Waals surface area contributed by atoms with Crippen molar-refractivity contribution in [2.75, 3.05) is 12.4 Å². The number of sulfonamides is 1. The van der Waals surface area contributed by atoms with E-state index in [1.54, 1.807) is 0 Å². The molecule has 0 fully saturated rings. The molecule has 0 aliphatic rings. The van der Waals surface area contributed by atoms with E-state index in [-0.39, 0.29) is 22.7 Å². The second-order valence-corrected chi connectivity index (χ2v) is 7.08. The fourth-order valence-corrected chi connectivity index (χ4v) is 2.90. The van der Waals surface area contributed by atoms with Gasteiger partial charge in [-0.15, -0.1) is 0 Å². The van der Waals surface area contributed by atoms with Crippen molar-refractivity contribution >= 4 is 21.4 Å². The number of alkyl halides is 3. The second kappa shape index (κ2) is 7.30. The van der Waals surface area contributed by atoms with E-state index in [0.29, 0.717) is 0 Å². The van der Waals surface area contributed by atoms with Crippen LogP contribution in [-0.2, 0) is 22.7 Å². The molecule has 2 N–H and O–H groups in total. The third-order valence-corrected chi connectivity index (χ3v) is 4.89. The van der Waals surface area contributed by atoms with E-state index in [1.807, 2.05) is 4.72 Å². The van der Waals surface area contributed by atoms with Crippen molar-refractivity contribution in [1.29, 1.82) is 0 Å². The number of nitro groups is 1.